The van der Waals surface area contributed by atoms with Crippen LogP contribution < -0.4 is 0 Å². The Morgan fingerprint density at radius 3 is 2.31 bits per heavy atom. The summed E-state index contributed by atoms with van der Waals surface area (Å²) in [6.07, 6.45) is 1.45. The third kappa shape index (κ3) is 7.53. The molecule has 0 atom stereocenters. The highest BCUT2D eigenvalue weighted by atomic mass is 16.6. The van der Waals surface area contributed by atoms with E-state index in [0.717, 1.165) is 5.57 Å². The summed E-state index contributed by atoms with van der Waals surface area (Å²) in [6.45, 7) is 7.80. The zero-order valence-corrected chi connectivity index (χ0v) is 9.01. The van der Waals surface area contributed by atoms with Gasteiger partial charge >= 0.3 is 5.97 Å². The molecule has 3 nitrogen and oxygen atoms in total. The fraction of sp³-hybridized carbons (Fsp3) is 0.700. The monoisotopic (exact) mass is 186 g/mol. The van der Waals surface area contributed by atoms with Gasteiger partial charge in [0.15, 0.2) is 0 Å². The number of carbonyl (C=O) groups is 1. The van der Waals surface area contributed by atoms with Gasteiger partial charge in [-0.2, -0.15) is 0 Å². The lowest BCUT2D eigenvalue weighted by Gasteiger charge is -2.18. The Morgan fingerprint density at radius 1 is 1.38 bits per heavy atom. The van der Waals surface area contributed by atoms with Gasteiger partial charge in [-0.15, -0.1) is 0 Å². The van der Waals surface area contributed by atoms with Gasteiger partial charge in [0.1, 0.15) is 5.60 Å². The van der Waals surface area contributed by atoms with Gasteiger partial charge in [0.2, 0.25) is 0 Å². The van der Waals surface area contributed by atoms with E-state index >= 15 is 0 Å². The van der Waals surface area contributed by atoms with Gasteiger partial charge in [0.05, 0.1) is 6.61 Å². The molecule has 0 aromatic rings. The van der Waals surface area contributed by atoms with Gasteiger partial charge in [0, 0.05) is 13.2 Å². The van der Waals surface area contributed by atoms with Crippen LogP contribution in [0.5, 0.6) is 0 Å². The fourth-order valence-corrected chi connectivity index (χ4v) is 0.802. The Labute approximate surface area is 79.7 Å². The number of hydrogen-bond acceptors (Lipinski definition) is 3. The van der Waals surface area contributed by atoms with Crippen LogP contribution in [0.25, 0.3) is 0 Å². The lowest BCUT2D eigenvalue weighted by Crippen LogP contribution is -2.22. The third-order valence-electron chi connectivity index (χ3n) is 1.14. The zero-order valence-electron chi connectivity index (χ0n) is 9.01. The second-order valence-electron chi connectivity index (χ2n) is 3.96. The number of rotatable bonds is 3. The largest absolute Gasteiger partial charge is 0.457 e. The maximum Gasteiger partial charge on any atom is 0.331 e. The van der Waals surface area contributed by atoms with Gasteiger partial charge in [0.25, 0.3) is 0 Å². The van der Waals surface area contributed by atoms with Crippen LogP contribution in [0.1, 0.15) is 27.7 Å². The molecule has 0 rings (SSSR count). The van der Waals surface area contributed by atoms with Crippen LogP contribution in [-0.2, 0) is 14.3 Å². The SMILES string of the molecule is COC/C(C)=C\C(=O)OC(C)(C)C. The van der Waals surface area contributed by atoms with E-state index in [1.165, 1.54) is 6.08 Å². The van der Waals surface area contributed by atoms with Crippen LogP contribution in [0.3, 0.4) is 0 Å². The molecular weight excluding hydrogens is 168 g/mol. The standard InChI is InChI=1S/C10H18O3/c1-8(7-12-5)6-9(11)13-10(2,3)4/h6H,7H2,1-5H3/b8-6-. The Hall–Kier alpha value is -0.830. The first-order chi connectivity index (χ1) is 5.85. The van der Waals surface area contributed by atoms with Crippen LogP contribution in [-0.4, -0.2) is 25.3 Å². The normalized spacial score (nSPS) is 12.8. The van der Waals surface area contributed by atoms with E-state index in [-0.39, 0.29) is 5.97 Å². The highest BCUT2D eigenvalue weighted by Crippen LogP contribution is 2.08. The first-order valence-corrected chi connectivity index (χ1v) is 4.24. The van der Waals surface area contributed by atoms with E-state index < -0.39 is 5.60 Å². The van der Waals surface area contributed by atoms with Gasteiger partial charge in [-0.3, -0.25) is 0 Å². The number of hydrogen-bond donors (Lipinski definition) is 0. The van der Waals surface area contributed by atoms with Crippen molar-refractivity contribution < 1.29 is 14.3 Å². The van der Waals surface area contributed by atoms with Gasteiger partial charge in [-0.25, -0.2) is 4.79 Å². The van der Waals surface area contributed by atoms with Crippen LogP contribution >= 0.6 is 0 Å². The van der Waals surface area contributed by atoms with Gasteiger partial charge in [-0.1, -0.05) is 0 Å². The van der Waals surface area contributed by atoms with E-state index in [9.17, 15) is 4.79 Å². The highest BCUT2D eigenvalue weighted by Gasteiger charge is 2.14. The van der Waals surface area contributed by atoms with Crippen LogP contribution in [0, 0.1) is 0 Å². The molecular formula is C10H18O3. The van der Waals surface area contributed by atoms with Crippen LogP contribution in [0.15, 0.2) is 11.6 Å². The van der Waals surface area contributed by atoms with E-state index in [1.807, 2.05) is 27.7 Å². The lowest BCUT2D eigenvalue weighted by atomic mass is 10.2. The second-order valence-corrected chi connectivity index (χ2v) is 3.96. The van der Waals surface area contributed by atoms with Crippen molar-refractivity contribution in [2.45, 2.75) is 33.3 Å². The Morgan fingerprint density at radius 2 is 1.92 bits per heavy atom. The Bertz CT molecular complexity index is 199. The third-order valence-corrected chi connectivity index (χ3v) is 1.14. The highest BCUT2D eigenvalue weighted by molar-refractivity contribution is 5.83. The van der Waals surface area contributed by atoms with Crippen molar-refractivity contribution in [2.75, 3.05) is 13.7 Å². The Balaban J connectivity index is 4.07. The zero-order chi connectivity index (χ0) is 10.5. The predicted molar refractivity (Wildman–Crippen MR) is 51.5 cm³/mol. The minimum Gasteiger partial charge on any atom is -0.457 e. The van der Waals surface area contributed by atoms with Crippen LogP contribution in [0.2, 0.25) is 0 Å². The maximum absolute atomic E-state index is 11.2. The van der Waals surface area contributed by atoms with E-state index in [1.54, 1.807) is 7.11 Å². The molecule has 0 fully saturated rings. The van der Waals surface area contributed by atoms with Crippen molar-refractivity contribution in [3.63, 3.8) is 0 Å². The van der Waals surface area contributed by atoms with Crippen molar-refractivity contribution in [3.05, 3.63) is 11.6 Å². The molecule has 0 aliphatic carbocycles. The number of esters is 1. The van der Waals surface area contributed by atoms with Crippen molar-refractivity contribution in [2.24, 2.45) is 0 Å². The first kappa shape index (κ1) is 12.2. The molecule has 0 aliphatic heterocycles. The van der Waals surface area contributed by atoms with E-state index in [0.29, 0.717) is 6.61 Å². The minimum absolute atomic E-state index is 0.318. The molecule has 0 aromatic carbocycles. The smallest absolute Gasteiger partial charge is 0.331 e. The average Bonchev–Trinajstić information content (AvgIpc) is 1.81. The lowest BCUT2D eigenvalue weighted by molar-refractivity contribution is -0.148. The molecule has 0 saturated heterocycles. The molecule has 0 aromatic heterocycles. The van der Waals surface area contributed by atoms with Crippen molar-refractivity contribution in [1.82, 2.24) is 0 Å². The summed E-state index contributed by atoms with van der Waals surface area (Å²) in [5.41, 5.74) is 0.428. The summed E-state index contributed by atoms with van der Waals surface area (Å²) in [6, 6.07) is 0. The second kappa shape index (κ2) is 5.02. The number of carbonyl (C=O) groups excluding carboxylic acids is 1. The molecule has 0 amide bonds. The van der Waals surface area contributed by atoms with Crippen molar-refractivity contribution >= 4 is 5.97 Å². The quantitative estimate of drug-likeness (QED) is 0.499. The summed E-state index contributed by atoms with van der Waals surface area (Å²) in [4.78, 5) is 11.2. The minimum atomic E-state index is -0.430. The van der Waals surface area contributed by atoms with Gasteiger partial charge < -0.3 is 9.47 Å². The van der Waals surface area contributed by atoms with Gasteiger partial charge in [-0.05, 0) is 33.3 Å². The maximum atomic E-state index is 11.2. The number of methoxy groups -OCH3 is 1. The molecule has 0 spiro atoms. The topological polar surface area (TPSA) is 35.5 Å². The molecule has 0 saturated carbocycles. The summed E-state index contributed by atoms with van der Waals surface area (Å²) < 4.78 is 9.94. The summed E-state index contributed by atoms with van der Waals surface area (Å²) in [5, 5.41) is 0. The molecule has 3 heteroatoms. The van der Waals surface area contributed by atoms with Crippen LogP contribution in [0.4, 0.5) is 0 Å². The van der Waals surface area contributed by atoms with Crippen molar-refractivity contribution in [1.29, 1.82) is 0 Å². The predicted octanol–water partition coefficient (Wildman–Crippen LogP) is 1.92. The van der Waals surface area contributed by atoms with Crippen molar-refractivity contribution in [3.8, 4) is 0 Å². The van der Waals surface area contributed by atoms with E-state index in [2.05, 4.69) is 0 Å². The molecule has 13 heavy (non-hydrogen) atoms. The van der Waals surface area contributed by atoms with E-state index in [4.69, 9.17) is 9.47 Å². The summed E-state index contributed by atoms with van der Waals surface area (Å²) in [7, 11) is 1.59. The molecule has 76 valence electrons. The molecule has 0 bridgehead atoms. The molecule has 0 heterocycles. The Kier molecular flexibility index (Phi) is 4.70. The summed E-state index contributed by atoms with van der Waals surface area (Å²) >= 11 is 0. The molecule has 0 N–H and O–H groups in total. The first-order valence-electron chi connectivity index (χ1n) is 4.24. The molecule has 0 aliphatic rings. The summed E-state index contributed by atoms with van der Waals surface area (Å²) in [5.74, 6) is -0.318. The molecule has 0 unspecified atom stereocenters. The molecule has 0 radical (unpaired) electrons. The average molecular weight is 186 g/mol. The number of ether oxygens (including phenoxy) is 2. The fourth-order valence-electron chi connectivity index (χ4n) is 0.802.